The maximum atomic E-state index is 13.6. The topological polar surface area (TPSA) is 119 Å². The Morgan fingerprint density at radius 3 is 2.82 bits per heavy atom. The number of ether oxygens (including phenoxy) is 1. The van der Waals surface area contributed by atoms with Crippen LogP contribution in [0.5, 0.6) is 0 Å². The van der Waals surface area contributed by atoms with E-state index in [1.807, 2.05) is 6.07 Å². The van der Waals surface area contributed by atoms with Gasteiger partial charge in [0.05, 0.1) is 23.3 Å². The third-order valence-corrected chi connectivity index (χ3v) is 7.75. The van der Waals surface area contributed by atoms with Crippen molar-refractivity contribution in [1.82, 2.24) is 24.6 Å². The van der Waals surface area contributed by atoms with Crippen molar-refractivity contribution in [3.8, 4) is 0 Å². The molecule has 3 aromatic rings. The Balaban J connectivity index is 1.36. The summed E-state index contributed by atoms with van der Waals surface area (Å²) in [5.41, 5.74) is 9.28. The summed E-state index contributed by atoms with van der Waals surface area (Å²) in [5.74, 6) is -0.624. The minimum Gasteiger partial charge on any atom is -0.383 e. The van der Waals surface area contributed by atoms with E-state index in [0.717, 1.165) is 50.6 Å². The average Bonchev–Trinajstić information content (AvgIpc) is 3.40. The quantitative estimate of drug-likeness (QED) is 0.463. The molecule has 1 unspecified atom stereocenters. The molecule has 2 fully saturated rings. The Kier molecular flexibility index (Phi) is 8.13. The molecule has 0 aliphatic carbocycles. The summed E-state index contributed by atoms with van der Waals surface area (Å²) in [6.07, 6.45) is 8.77. The van der Waals surface area contributed by atoms with Gasteiger partial charge >= 0.3 is 11.8 Å². The Labute approximate surface area is 229 Å². The van der Waals surface area contributed by atoms with Crippen LogP contribution in [-0.4, -0.2) is 70.2 Å². The van der Waals surface area contributed by atoms with Crippen molar-refractivity contribution in [2.45, 2.75) is 57.7 Å². The van der Waals surface area contributed by atoms with Gasteiger partial charge in [0.1, 0.15) is 17.6 Å². The number of nitrogens with zero attached hydrogens (tertiary/aromatic N) is 5. The van der Waals surface area contributed by atoms with E-state index in [2.05, 4.69) is 59.5 Å². The minimum absolute atomic E-state index is 0.147. The number of hydrogen-bond acceptors (Lipinski definition) is 7. The monoisotopic (exact) mass is 533 g/mol. The van der Waals surface area contributed by atoms with Crippen molar-refractivity contribution in [2.75, 3.05) is 44.8 Å². The molecular weight excluding hydrogens is 494 g/mol. The standard InChI is InChI=1S/C29H39N7O3/c1-19-10-11-24(21-8-6-7-20(15-21)12-13-34(2)3)35(17-19)29(38)28(37)32-23-16-31-27(30)22-18-36(33-26(22)23)25-9-4-5-14-39-25/h6-8,15-16,18-19,24-25H,4-5,9-14,17H2,1-3H3,(H2,30,31)(H,32,37)/t19-,24+,25?/m0/s1. The Bertz CT molecular complexity index is 1330. The van der Waals surface area contributed by atoms with E-state index in [4.69, 9.17) is 10.5 Å². The van der Waals surface area contributed by atoms with Gasteiger partial charge in [0.25, 0.3) is 0 Å². The zero-order chi connectivity index (χ0) is 27.5. The lowest BCUT2D eigenvalue weighted by Crippen LogP contribution is -2.46. The second-order valence-electron chi connectivity index (χ2n) is 11.2. The number of nitrogens with one attached hydrogen (secondary N) is 1. The number of aromatic nitrogens is 3. The molecule has 2 amide bonds. The lowest BCUT2D eigenvalue weighted by molar-refractivity contribution is -0.146. The summed E-state index contributed by atoms with van der Waals surface area (Å²) in [5, 5.41) is 8.07. The number of fused-ring (bicyclic) bond motifs is 1. The maximum absolute atomic E-state index is 13.6. The van der Waals surface area contributed by atoms with E-state index in [0.29, 0.717) is 41.5 Å². The molecular formula is C29H39N7O3. The van der Waals surface area contributed by atoms with Crippen molar-refractivity contribution in [3.63, 3.8) is 0 Å². The van der Waals surface area contributed by atoms with Gasteiger partial charge < -0.3 is 25.6 Å². The fourth-order valence-corrected chi connectivity index (χ4v) is 5.55. The number of rotatable bonds is 6. The van der Waals surface area contributed by atoms with Crippen molar-refractivity contribution in [3.05, 3.63) is 47.8 Å². The highest BCUT2D eigenvalue weighted by molar-refractivity contribution is 6.40. The van der Waals surface area contributed by atoms with Crippen LogP contribution in [0.1, 0.15) is 62.4 Å². The van der Waals surface area contributed by atoms with Gasteiger partial charge in [-0.15, -0.1) is 0 Å². The van der Waals surface area contributed by atoms with Crippen LogP contribution in [0.4, 0.5) is 11.5 Å². The third kappa shape index (κ3) is 6.07. The van der Waals surface area contributed by atoms with E-state index in [1.165, 1.54) is 11.8 Å². The smallest absolute Gasteiger partial charge is 0.314 e. The fraction of sp³-hybridized carbons (Fsp3) is 0.517. The number of anilines is 2. The molecule has 10 nitrogen and oxygen atoms in total. The van der Waals surface area contributed by atoms with Crippen LogP contribution in [0.15, 0.2) is 36.7 Å². The molecule has 5 rings (SSSR count). The number of hydrogen-bond donors (Lipinski definition) is 2. The zero-order valence-electron chi connectivity index (χ0n) is 23.1. The normalized spacial score (nSPS) is 21.8. The van der Waals surface area contributed by atoms with Gasteiger partial charge in [-0.3, -0.25) is 9.59 Å². The molecule has 1 aromatic carbocycles. The number of nitrogens with two attached hydrogens (primary N) is 1. The van der Waals surface area contributed by atoms with Crippen molar-refractivity contribution >= 4 is 34.2 Å². The summed E-state index contributed by atoms with van der Waals surface area (Å²) in [6, 6.07) is 8.26. The number of likely N-dealkylation sites (N-methyl/N-ethyl adjacent to an activating group) is 1. The van der Waals surface area contributed by atoms with Crippen LogP contribution in [-0.2, 0) is 20.7 Å². The fourth-order valence-electron chi connectivity index (χ4n) is 5.55. The van der Waals surface area contributed by atoms with Gasteiger partial charge in [-0.2, -0.15) is 5.10 Å². The molecule has 10 heteroatoms. The lowest BCUT2D eigenvalue weighted by atomic mass is 9.89. The predicted octanol–water partition coefficient (Wildman–Crippen LogP) is 3.76. The predicted molar refractivity (Wildman–Crippen MR) is 151 cm³/mol. The van der Waals surface area contributed by atoms with E-state index in [1.54, 1.807) is 15.8 Å². The molecule has 4 heterocycles. The molecule has 2 saturated heterocycles. The van der Waals surface area contributed by atoms with Crippen molar-refractivity contribution in [1.29, 1.82) is 0 Å². The van der Waals surface area contributed by atoms with Gasteiger partial charge in [-0.1, -0.05) is 31.2 Å². The maximum Gasteiger partial charge on any atom is 0.314 e. The second kappa shape index (κ2) is 11.7. The first kappa shape index (κ1) is 27.1. The first-order valence-corrected chi connectivity index (χ1v) is 13.9. The van der Waals surface area contributed by atoms with E-state index < -0.39 is 11.8 Å². The summed E-state index contributed by atoms with van der Waals surface area (Å²) in [4.78, 5) is 35.1. The molecule has 208 valence electrons. The number of carbonyl (C=O) groups excluding carboxylic acids is 2. The van der Waals surface area contributed by atoms with Gasteiger partial charge in [-0.05, 0) is 69.7 Å². The minimum atomic E-state index is -0.700. The summed E-state index contributed by atoms with van der Waals surface area (Å²) in [7, 11) is 4.12. The van der Waals surface area contributed by atoms with Crippen LogP contribution in [0.25, 0.3) is 10.9 Å². The van der Waals surface area contributed by atoms with Crippen molar-refractivity contribution < 1.29 is 14.3 Å². The van der Waals surface area contributed by atoms with Gasteiger partial charge in [0.2, 0.25) is 0 Å². The highest BCUT2D eigenvalue weighted by Crippen LogP contribution is 2.34. The first-order chi connectivity index (χ1) is 18.8. The van der Waals surface area contributed by atoms with E-state index >= 15 is 0 Å². The van der Waals surface area contributed by atoms with E-state index in [-0.39, 0.29) is 12.3 Å². The van der Waals surface area contributed by atoms with Crippen LogP contribution in [0.3, 0.4) is 0 Å². The largest absolute Gasteiger partial charge is 0.383 e. The summed E-state index contributed by atoms with van der Waals surface area (Å²) in [6.45, 7) is 4.28. The number of pyridine rings is 1. The Morgan fingerprint density at radius 1 is 1.21 bits per heavy atom. The van der Waals surface area contributed by atoms with Gasteiger partial charge in [0, 0.05) is 25.9 Å². The number of carbonyl (C=O) groups is 2. The first-order valence-electron chi connectivity index (χ1n) is 13.9. The number of likely N-dealkylation sites (tertiary alicyclic amines) is 1. The van der Waals surface area contributed by atoms with Crippen LogP contribution in [0.2, 0.25) is 0 Å². The number of benzene rings is 1. The van der Waals surface area contributed by atoms with Crippen molar-refractivity contribution in [2.24, 2.45) is 5.92 Å². The summed E-state index contributed by atoms with van der Waals surface area (Å²) < 4.78 is 7.60. The molecule has 0 saturated carbocycles. The molecule has 2 aliphatic rings. The molecule has 3 atom stereocenters. The molecule has 39 heavy (non-hydrogen) atoms. The average molecular weight is 534 g/mol. The molecule has 0 bridgehead atoms. The SMILES string of the molecule is C[C@H]1CC[C@H](c2cccc(CCN(C)C)c2)N(C(=O)C(=O)Nc2cnc(N)c3cn(C4CCCCO4)nc23)C1. The zero-order valence-corrected chi connectivity index (χ0v) is 23.1. The highest BCUT2D eigenvalue weighted by Gasteiger charge is 2.34. The Morgan fingerprint density at radius 2 is 2.05 bits per heavy atom. The lowest BCUT2D eigenvalue weighted by Gasteiger charge is -2.38. The highest BCUT2D eigenvalue weighted by atomic mass is 16.5. The Hall–Kier alpha value is -3.50. The molecule has 0 radical (unpaired) electrons. The van der Waals surface area contributed by atoms with E-state index in [9.17, 15) is 9.59 Å². The van der Waals surface area contributed by atoms with Crippen LogP contribution >= 0.6 is 0 Å². The summed E-state index contributed by atoms with van der Waals surface area (Å²) >= 11 is 0. The number of nitrogen functional groups attached to an aromatic ring is 1. The number of amides is 2. The third-order valence-electron chi connectivity index (χ3n) is 7.75. The van der Waals surface area contributed by atoms with Crippen LogP contribution < -0.4 is 11.1 Å². The van der Waals surface area contributed by atoms with Gasteiger partial charge in [0.15, 0.2) is 0 Å². The molecule has 2 aliphatic heterocycles. The van der Waals surface area contributed by atoms with Gasteiger partial charge in [-0.25, -0.2) is 9.67 Å². The molecule has 0 spiro atoms. The molecule has 2 aromatic heterocycles. The number of piperidine rings is 1. The van der Waals surface area contributed by atoms with Crippen LogP contribution in [0, 0.1) is 5.92 Å². The molecule has 3 N–H and O–H groups in total. The second-order valence-corrected chi connectivity index (χ2v) is 11.2.